The van der Waals surface area contributed by atoms with E-state index in [9.17, 15) is 26.4 Å². The minimum Gasteiger partial charge on any atom is -0.453 e. The van der Waals surface area contributed by atoms with Gasteiger partial charge in [-0.3, -0.25) is 9.78 Å². The predicted molar refractivity (Wildman–Crippen MR) is 136 cm³/mol. The van der Waals surface area contributed by atoms with Crippen molar-refractivity contribution in [2.45, 2.75) is 76.7 Å². The second kappa shape index (κ2) is 10.7. The number of nitrogens with zero attached hydrogens (tertiary/aromatic N) is 2. The minimum absolute atomic E-state index is 0.00664. The van der Waals surface area contributed by atoms with Crippen LogP contribution in [0.4, 0.5) is 13.2 Å². The van der Waals surface area contributed by atoms with Crippen molar-refractivity contribution in [1.82, 2.24) is 15.2 Å². The molecule has 1 N–H and O–H groups in total. The first-order chi connectivity index (χ1) is 17.8. The van der Waals surface area contributed by atoms with Crippen LogP contribution in [-0.4, -0.2) is 36.1 Å². The summed E-state index contributed by atoms with van der Waals surface area (Å²) in [5, 5.41) is 2.75. The number of furan rings is 1. The second-order valence-electron chi connectivity index (χ2n) is 10.5. The third kappa shape index (κ3) is 5.77. The quantitative estimate of drug-likeness (QED) is 0.445. The Hall–Kier alpha value is -2.82. The first-order valence-corrected chi connectivity index (χ1v) is 14.6. The van der Waals surface area contributed by atoms with Crippen molar-refractivity contribution in [2.75, 3.05) is 5.75 Å². The molecule has 208 valence electrons. The molecule has 1 fully saturated rings. The molecule has 1 aliphatic heterocycles. The molecule has 0 radical (unpaired) electrons. The van der Waals surface area contributed by atoms with Crippen LogP contribution in [0.25, 0.3) is 0 Å². The second-order valence-corrected chi connectivity index (χ2v) is 12.7. The molecule has 2 aliphatic rings. The Morgan fingerprint density at radius 1 is 1.24 bits per heavy atom. The van der Waals surface area contributed by atoms with E-state index >= 15 is 0 Å². The fourth-order valence-electron chi connectivity index (χ4n) is 5.41. The van der Waals surface area contributed by atoms with Crippen molar-refractivity contribution >= 4 is 15.7 Å². The van der Waals surface area contributed by atoms with Gasteiger partial charge in [0.2, 0.25) is 0 Å². The third-order valence-electron chi connectivity index (χ3n) is 7.64. The molecule has 1 saturated carbocycles. The highest BCUT2D eigenvalue weighted by molar-refractivity contribution is 7.91. The van der Waals surface area contributed by atoms with Gasteiger partial charge < -0.3 is 14.6 Å². The number of fused-ring (bicyclic) bond motifs is 1. The summed E-state index contributed by atoms with van der Waals surface area (Å²) in [4.78, 5) is 19.2. The van der Waals surface area contributed by atoms with E-state index in [0.29, 0.717) is 30.8 Å². The van der Waals surface area contributed by atoms with Gasteiger partial charge in [-0.15, -0.1) is 0 Å². The number of amides is 1. The molecule has 0 spiro atoms. The Morgan fingerprint density at radius 2 is 1.92 bits per heavy atom. The Morgan fingerprint density at radius 3 is 2.47 bits per heavy atom. The summed E-state index contributed by atoms with van der Waals surface area (Å²) in [7, 11) is -3.35. The average molecular weight is 554 g/mol. The molecule has 2 aromatic heterocycles. The molecular weight excluding hydrogens is 519 g/mol. The fraction of sp³-hybridized carbons (Fsp3) is 0.556. The number of sulfone groups is 1. The lowest BCUT2D eigenvalue weighted by atomic mass is 9.80. The average Bonchev–Trinajstić information content (AvgIpc) is 3.45. The van der Waals surface area contributed by atoms with Crippen LogP contribution in [-0.2, 0) is 22.9 Å². The number of carbonyl (C=O) groups excluding carboxylic acids is 1. The molecule has 11 heteroatoms. The normalized spacial score (nSPS) is 22.0. The maximum atomic E-state index is 13.1. The Kier molecular flexibility index (Phi) is 7.97. The summed E-state index contributed by atoms with van der Waals surface area (Å²) >= 11 is 0. The maximum absolute atomic E-state index is 13.1. The Balaban J connectivity index is 1.39. The van der Waals surface area contributed by atoms with Crippen LogP contribution < -0.4 is 5.32 Å². The predicted octanol–water partition coefficient (Wildman–Crippen LogP) is 5.79. The third-order valence-corrected chi connectivity index (χ3v) is 9.36. The van der Waals surface area contributed by atoms with Gasteiger partial charge in [0, 0.05) is 24.0 Å². The highest BCUT2D eigenvalue weighted by atomic mass is 32.2. The van der Waals surface area contributed by atoms with Crippen LogP contribution in [0.1, 0.15) is 80.1 Å². The van der Waals surface area contributed by atoms with E-state index in [1.165, 1.54) is 12.3 Å². The van der Waals surface area contributed by atoms with Gasteiger partial charge in [0.25, 0.3) is 5.91 Å². The van der Waals surface area contributed by atoms with Crippen LogP contribution in [0.3, 0.4) is 0 Å². The molecule has 1 atom stereocenters. The highest BCUT2D eigenvalue weighted by Gasteiger charge is 2.44. The lowest BCUT2D eigenvalue weighted by Gasteiger charge is -2.38. The van der Waals surface area contributed by atoms with Gasteiger partial charge in [-0.1, -0.05) is 27.4 Å². The van der Waals surface area contributed by atoms with Gasteiger partial charge in [0.05, 0.1) is 34.8 Å². The number of halogens is 3. The van der Waals surface area contributed by atoms with Gasteiger partial charge in [0.1, 0.15) is 5.76 Å². The van der Waals surface area contributed by atoms with Crippen molar-refractivity contribution < 1.29 is 30.8 Å². The summed E-state index contributed by atoms with van der Waals surface area (Å²) in [6.45, 7) is 10.5. The number of aromatic nitrogens is 1. The minimum atomic E-state index is -4.14. The molecule has 0 aromatic carbocycles. The van der Waals surface area contributed by atoms with E-state index in [1.807, 2.05) is 13.8 Å². The smallest absolute Gasteiger partial charge is 0.391 e. The summed E-state index contributed by atoms with van der Waals surface area (Å²) in [5.41, 5.74) is 2.21. The van der Waals surface area contributed by atoms with Crippen LogP contribution in [0, 0.1) is 17.8 Å². The molecule has 1 unspecified atom stereocenters. The van der Waals surface area contributed by atoms with Crippen molar-refractivity contribution in [3.05, 3.63) is 59.4 Å². The zero-order valence-electron chi connectivity index (χ0n) is 21.8. The van der Waals surface area contributed by atoms with E-state index in [4.69, 9.17) is 4.42 Å². The van der Waals surface area contributed by atoms with Crippen LogP contribution in [0.2, 0.25) is 0 Å². The molecule has 1 aliphatic carbocycles. The van der Waals surface area contributed by atoms with Gasteiger partial charge >= 0.3 is 6.18 Å². The number of hydrogen-bond acceptors (Lipinski definition) is 6. The zero-order chi connectivity index (χ0) is 27.8. The van der Waals surface area contributed by atoms with E-state index in [0.717, 1.165) is 11.3 Å². The first kappa shape index (κ1) is 28.2. The van der Waals surface area contributed by atoms with Crippen molar-refractivity contribution in [3.8, 4) is 0 Å². The molecule has 3 heterocycles. The van der Waals surface area contributed by atoms with E-state index in [1.54, 1.807) is 19.1 Å². The molecule has 0 bridgehead atoms. The van der Waals surface area contributed by atoms with E-state index < -0.39 is 27.8 Å². The number of nitrogens with one attached hydrogen (secondary N) is 1. The lowest BCUT2D eigenvalue weighted by Crippen LogP contribution is -2.33. The highest BCUT2D eigenvalue weighted by Crippen LogP contribution is 2.47. The SMILES string of the molecule is C=C([C@H]1CC[C@H](C(F)(F)F)CC1)N1Cc2cc(C(=O)NCc3ccc(S(=O)(=O)CC)cn3)oc2C1C(C)C. The number of allylic oxidation sites excluding steroid dienone is 1. The molecule has 7 nitrogen and oxygen atoms in total. The molecule has 4 rings (SSSR count). The monoisotopic (exact) mass is 553 g/mol. The number of alkyl halides is 3. The standard InChI is InChI=1S/C27H34F3N3O4S/c1-5-38(35,36)22-11-10-21(31-14-22)13-32-26(34)23-12-19-15-33(24(16(2)3)25(19)37-23)17(4)18-6-8-20(9-7-18)27(28,29)30/h10-12,14,16,18,20,24H,4-9,13,15H2,1-3H3,(H,32,34)/t18-,20-,24?. The number of rotatable bonds is 8. The van der Waals surface area contributed by atoms with Gasteiger partial charge in [-0.2, -0.15) is 13.2 Å². The van der Waals surface area contributed by atoms with E-state index in [2.05, 4.69) is 21.8 Å². The summed E-state index contributed by atoms with van der Waals surface area (Å²) in [6, 6.07) is 4.58. The van der Waals surface area contributed by atoms with Gasteiger partial charge in [0.15, 0.2) is 15.6 Å². The van der Waals surface area contributed by atoms with Crippen LogP contribution in [0.5, 0.6) is 0 Å². The lowest BCUT2D eigenvalue weighted by molar-refractivity contribution is -0.183. The molecule has 38 heavy (non-hydrogen) atoms. The summed E-state index contributed by atoms with van der Waals surface area (Å²) < 4.78 is 69.2. The number of pyridine rings is 1. The summed E-state index contributed by atoms with van der Waals surface area (Å²) in [6.07, 6.45) is -1.71. The van der Waals surface area contributed by atoms with Crippen molar-refractivity contribution in [2.24, 2.45) is 17.8 Å². The number of carbonyl (C=O) groups is 1. The zero-order valence-corrected chi connectivity index (χ0v) is 22.7. The first-order valence-electron chi connectivity index (χ1n) is 12.9. The van der Waals surface area contributed by atoms with E-state index in [-0.39, 0.29) is 53.7 Å². The molecule has 1 amide bonds. The Bertz CT molecular complexity index is 1280. The maximum Gasteiger partial charge on any atom is 0.391 e. The Labute approximate surface area is 221 Å². The topological polar surface area (TPSA) is 92.5 Å². The van der Waals surface area contributed by atoms with Crippen LogP contribution >= 0.6 is 0 Å². The summed E-state index contributed by atoms with van der Waals surface area (Å²) in [5.74, 6) is -0.695. The largest absolute Gasteiger partial charge is 0.453 e. The van der Waals surface area contributed by atoms with Crippen molar-refractivity contribution in [1.29, 1.82) is 0 Å². The van der Waals surface area contributed by atoms with Gasteiger partial charge in [-0.25, -0.2) is 8.42 Å². The number of hydrogen-bond donors (Lipinski definition) is 1. The molecular formula is C27H34F3N3O4S. The fourth-order valence-corrected chi connectivity index (χ4v) is 6.23. The van der Waals surface area contributed by atoms with Crippen molar-refractivity contribution in [3.63, 3.8) is 0 Å². The van der Waals surface area contributed by atoms with Crippen LogP contribution in [0.15, 0.2) is 46.0 Å². The van der Waals surface area contributed by atoms with Gasteiger partial charge in [-0.05, 0) is 55.7 Å². The molecule has 2 aromatic rings. The molecule has 0 saturated heterocycles.